The van der Waals surface area contributed by atoms with Gasteiger partial charge in [-0.3, -0.25) is 4.98 Å². The van der Waals surface area contributed by atoms with Gasteiger partial charge in [-0.15, -0.1) is 0 Å². The molecule has 1 heterocycles. The van der Waals surface area contributed by atoms with E-state index in [9.17, 15) is 13.6 Å². The van der Waals surface area contributed by atoms with Gasteiger partial charge in [-0.2, -0.15) is 0 Å². The Kier molecular flexibility index (Phi) is 4.91. The van der Waals surface area contributed by atoms with Crippen molar-refractivity contribution in [2.24, 2.45) is 11.8 Å². The van der Waals surface area contributed by atoms with Crippen molar-refractivity contribution in [3.8, 4) is 0 Å². The first-order valence-corrected chi connectivity index (χ1v) is 6.12. The number of hydrogen-bond donors (Lipinski definition) is 1. The lowest BCUT2D eigenvalue weighted by Gasteiger charge is -2.12. The summed E-state index contributed by atoms with van der Waals surface area (Å²) in [4.78, 5) is 17.6. The molecule has 1 aromatic heterocycles. The Morgan fingerprint density at radius 2 is 2.00 bits per heavy atom. The van der Waals surface area contributed by atoms with Crippen LogP contribution in [0.3, 0.4) is 0 Å². The zero-order valence-electron chi connectivity index (χ0n) is 11.2. The summed E-state index contributed by atoms with van der Waals surface area (Å²) >= 11 is 0. The Morgan fingerprint density at radius 1 is 1.37 bits per heavy atom. The highest BCUT2D eigenvalue weighted by atomic mass is 19.3. The third-order valence-electron chi connectivity index (χ3n) is 3.10. The molecule has 1 aromatic rings. The average Bonchev–Trinajstić information content (AvgIpc) is 2.52. The Bertz CT molecular complexity index is 435. The van der Waals surface area contributed by atoms with Crippen molar-refractivity contribution >= 4 is 5.97 Å². The Balaban J connectivity index is 0.000000191. The molecule has 19 heavy (non-hydrogen) atoms. The maximum atomic E-state index is 12.6. The fraction of sp³-hybridized carbons (Fsp3) is 0.615. The molecule has 2 rings (SSSR count). The van der Waals surface area contributed by atoms with Gasteiger partial charge in [0.2, 0.25) is 0 Å². The van der Waals surface area contributed by atoms with Gasteiger partial charge in [0.05, 0.1) is 11.9 Å². The second-order valence-electron chi connectivity index (χ2n) is 5.06. The van der Waals surface area contributed by atoms with Crippen molar-refractivity contribution in [3.63, 3.8) is 0 Å². The number of hydrogen-bond acceptors (Lipinski definition) is 3. The Morgan fingerprint density at radius 3 is 2.26 bits per heavy atom. The van der Waals surface area contributed by atoms with Gasteiger partial charge in [-0.25, -0.2) is 18.6 Å². The van der Waals surface area contributed by atoms with Crippen LogP contribution in [0.15, 0.2) is 12.4 Å². The van der Waals surface area contributed by atoms with E-state index in [0.29, 0.717) is 12.1 Å². The highest BCUT2D eigenvalue weighted by molar-refractivity contribution is 5.84. The normalized spacial score (nSPS) is 24.5. The van der Waals surface area contributed by atoms with Crippen molar-refractivity contribution in [1.82, 2.24) is 9.97 Å². The smallest absolute Gasteiger partial charge is 0.356 e. The van der Waals surface area contributed by atoms with Gasteiger partial charge in [0.15, 0.2) is 5.69 Å². The van der Waals surface area contributed by atoms with E-state index in [-0.39, 0.29) is 18.0 Å². The van der Waals surface area contributed by atoms with E-state index in [1.165, 1.54) is 12.4 Å². The van der Waals surface area contributed by atoms with Crippen LogP contribution in [0.5, 0.6) is 0 Å². The molecule has 1 saturated carbocycles. The zero-order chi connectivity index (χ0) is 14.6. The summed E-state index contributed by atoms with van der Waals surface area (Å²) in [6.45, 7) is 5.26. The molecule has 2 atom stereocenters. The van der Waals surface area contributed by atoms with Crippen LogP contribution in [0.2, 0.25) is 0 Å². The molecule has 0 spiro atoms. The molecule has 0 aromatic carbocycles. The number of halogens is 2. The summed E-state index contributed by atoms with van der Waals surface area (Å²) in [6.07, 6.45) is 3.43. The van der Waals surface area contributed by atoms with E-state index in [2.05, 4.69) is 9.97 Å². The molecular formula is C13H18F2N2O2. The quantitative estimate of drug-likeness (QED) is 0.852. The molecular weight excluding hydrogens is 254 g/mol. The van der Waals surface area contributed by atoms with E-state index in [1.807, 2.05) is 6.92 Å². The number of alkyl halides is 2. The molecule has 0 aliphatic heterocycles. The van der Waals surface area contributed by atoms with Gasteiger partial charge in [0, 0.05) is 18.5 Å². The molecule has 1 N–H and O–H groups in total. The van der Waals surface area contributed by atoms with Crippen LogP contribution in [0.1, 0.15) is 42.9 Å². The highest BCUT2D eigenvalue weighted by Crippen LogP contribution is 2.43. The summed E-state index contributed by atoms with van der Waals surface area (Å²) in [5.74, 6) is -3.60. The first-order valence-electron chi connectivity index (χ1n) is 6.12. The van der Waals surface area contributed by atoms with E-state index in [4.69, 9.17) is 5.11 Å². The van der Waals surface area contributed by atoms with Crippen LogP contribution in [0, 0.1) is 18.8 Å². The third kappa shape index (κ3) is 4.54. The number of carboxylic acids is 1. The summed E-state index contributed by atoms with van der Waals surface area (Å²) < 4.78 is 25.2. The molecule has 0 saturated heterocycles. The second-order valence-corrected chi connectivity index (χ2v) is 5.06. The lowest BCUT2D eigenvalue weighted by atomic mass is 10.1. The van der Waals surface area contributed by atoms with E-state index in [1.54, 1.807) is 13.8 Å². The largest absolute Gasteiger partial charge is 0.476 e. The first-order chi connectivity index (χ1) is 8.72. The van der Waals surface area contributed by atoms with Crippen LogP contribution >= 0.6 is 0 Å². The lowest BCUT2D eigenvalue weighted by Crippen LogP contribution is -2.18. The molecule has 106 valence electrons. The lowest BCUT2D eigenvalue weighted by molar-refractivity contribution is -0.0318. The standard InChI is InChI=1S/C7H12F2.C6H6N2O2/c1-5-3-6(2)7(8,9)4-5;1-4-2-8-5(3-7-4)6(9)10/h5-6H,3-4H2,1-2H3;2-3H,1H3,(H,9,10). The number of aromatic carboxylic acids is 1. The van der Waals surface area contributed by atoms with Crippen molar-refractivity contribution in [3.05, 3.63) is 23.8 Å². The molecule has 4 nitrogen and oxygen atoms in total. The second kappa shape index (κ2) is 6.04. The molecule has 1 fully saturated rings. The number of carbonyl (C=O) groups is 1. The zero-order valence-corrected chi connectivity index (χ0v) is 11.2. The number of aryl methyl sites for hydroxylation is 1. The third-order valence-corrected chi connectivity index (χ3v) is 3.10. The van der Waals surface area contributed by atoms with E-state index >= 15 is 0 Å². The van der Waals surface area contributed by atoms with Gasteiger partial charge >= 0.3 is 5.97 Å². The van der Waals surface area contributed by atoms with Crippen LogP contribution in [-0.2, 0) is 0 Å². The summed E-state index contributed by atoms with van der Waals surface area (Å²) in [5.41, 5.74) is 0.690. The fourth-order valence-electron chi connectivity index (χ4n) is 2.03. The predicted octanol–water partition coefficient (Wildman–Crippen LogP) is 3.17. The van der Waals surface area contributed by atoms with Crippen molar-refractivity contribution in [1.29, 1.82) is 0 Å². The van der Waals surface area contributed by atoms with Crippen LogP contribution in [0.25, 0.3) is 0 Å². The molecule has 1 aliphatic rings. The monoisotopic (exact) mass is 272 g/mol. The molecule has 0 amide bonds. The number of nitrogens with zero attached hydrogens (tertiary/aromatic N) is 2. The number of rotatable bonds is 1. The summed E-state index contributed by atoms with van der Waals surface area (Å²) in [7, 11) is 0. The fourth-order valence-corrected chi connectivity index (χ4v) is 2.03. The molecule has 0 bridgehead atoms. The minimum absolute atomic E-state index is 0.0226. The van der Waals surface area contributed by atoms with Crippen molar-refractivity contribution in [2.75, 3.05) is 0 Å². The Labute approximate surface area is 110 Å². The van der Waals surface area contributed by atoms with Crippen LogP contribution in [-0.4, -0.2) is 27.0 Å². The molecule has 6 heteroatoms. The van der Waals surface area contributed by atoms with Crippen LogP contribution in [0.4, 0.5) is 8.78 Å². The summed E-state index contributed by atoms with van der Waals surface area (Å²) in [5, 5.41) is 8.37. The maximum absolute atomic E-state index is 12.6. The predicted molar refractivity (Wildman–Crippen MR) is 66.2 cm³/mol. The van der Waals surface area contributed by atoms with Gasteiger partial charge in [-0.05, 0) is 19.3 Å². The van der Waals surface area contributed by atoms with E-state index in [0.717, 1.165) is 0 Å². The Hall–Kier alpha value is -1.59. The first kappa shape index (κ1) is 15.5. The van der Waals surface area contributed by atoms with Gasteiger partial charge < -0.3 is 5.11 Å². The van der Waals surface area contributed by atoms with Crippen molar-refractivity contribution < 1.29 is 18.7 Å². The van der Waals surface area contributed by atoms with Crippen LogP contribution < -0.4 is 0 Å². The number of carboxylic acid groups (broad SMARTS) is 1. The summed E-state index contributed by atoms with van der Waals surface area (Å²) in [6, 6.07) is 0. The van der Waals surface area contributed by atoms with Crippen molar-refractivity contribution in [2.45, 2.75) is 39.5 Å². The van der Waals surface area contributed by atoms with Gasteiger partial charge in [-0.1, -0.05) is 13.8 Å². The SMILES string of the molecule is CC1CC(C)C(F)(F)C1.Cc1cnc(C(=O)O)cn1. The highest BCUT2D eigenvalue weighted by Gasteiger charge is 2.44. The van der Waals surface area contributed by atoms with E-state index < -0.39 is 17.8 Å². The minimum Gasteiger partial charge on any atom is -0.476 e. The maximum Gasteiger partial charge on any atom is 0.356 e. The number of aromatic nitrogens is 2. The molecule has 0 radical (unpaired) electrons. The van der Waals surface area contributed by atoms with Gasteiger partial charge in [0.25, 0.3) is 5.92 Å². The topological polar surface area (TPSA) is 63.1 Å². The minimum atomic E-state index is -2.38. The molecule has 2 unspecified atom stereocenters. The average molecular weight is 272 g/mol. The molecule has 1 aliphatic carbocycles. The van der Waals surface area contributed by atoms with Gasteiger partial charge in [0.1, 0.15) is 0 Å².